The van der Waals surface area contributed by atoms with E-state index in [9.17, 15) is 8.42 Å². The minimum Gasteiger partial charge on any atom is -0.210 e. The molecule has 0 amide bonds. The Morgan fingerprint density at radius 1 is 1.47 bits per heavy atom. The van der Waals surface area contributed by atoms with Gasteiger partial charge < -0.3 is 0 Å². The molecule has 1 heterocycles. The van der Waals surface area contributed by atoms with E-state index in [0.717, 1.165) is 11.3 Å². The number of thiophene rings is 1. The summed E-state index contributed by atoms with van der Waals surface area (Å²) < 4.78 is 26.5. The van der Waals surface area contributed by atoms with E-state index in [-0.39, 0.29) is 4.21 Å². The van der Waals surface area contributed by atoms with E-state index >= 15 is 0 Å². The molecule has 6 nitrogen and oxygen atoms in total. The van der Waals surface area contributed by atoms with Crippen molar-refractivity contribution >= 4 is 33.0 Å². The Labute approximate surface area is 108 Å². The number of nitrogens with one attached hydrogen (secondary N) is 1. The summed E-state index contributed by atoms with van der Waals surface area (Å²) >= 11 is 6.68. The maximum Gasteiger partial charge on any atom is 0.250 e. The zero-order valence-corrected chi connectivity index (χ0v) is 11.2. The number of unbranched alkanes of at least 4 members (excludes halogenated alkanes) is 1. The lowest BCUT2D eigenvalue weighted by atomic mass is 10.3. The summed E-state index contributed by atoms with van der Waals surface area (Å²) in [5.41, 5.74) is 8.04. The van der Waals surface area contributed by atoms with Crippen molar-refractivity contribution in [3.8, 4) is 0 Å². The van der Waals surface area contributed by atoms with E-state index in [4.69, 9.17) is 17.1 Å². The van der Waals surface area contributed by atoms with E-state index in [0.29, 0.717) is 30.3 Å². The first-order valence-electron chi connectivity index (χ1n) is 4.82. The second kappa shape index (κ2) is 6.83. The Balaban J connectivity index is 2.38. The van der Waals surface area contributed by atoms with E-state index in [1.165, 1.54) is 6.07 Å². The number of halogens is 1. The van der Waals surface area contributed by atoms with Crippen LogP contribution >= 0.6 is 22.9 Å². The van der Waals surface area contributed by atoms with Gasteiger partial charge in [-0.2, -0.15) is 0 Å². The zero-order chi connectivity index (χ0) is 12.7. The second-order valence-electron chi connectivity index (χ2n) is 3.12. The third-order valence-corrected chi connectivity index (χ3v) is 5.04. The van der Waals surface area contributed by atoms with Crippen LogP contribution in [0.2, 0.25) is 4.34 Å². The molecule has 1 N–H and O–H groups in total. The van der Waals surface area contributed by atoms with Gasteiger partial charge in [0.1, 0.15) is 4.21 Å². The van der Waals surface area contributed by atoms with Crippen molar-refractivity contribution < 1.29 is 8.42 Å². The van der Waals surface area contributed by atoms with Gasteiger partial charge >= 0.3 is 0 Å². The largest absolute Gasteiger partial charge is 0.250 e. The van der Waals surface area contributed by atoms with Gasteiger partial charge in [-0.15, -0.1) is 11.3 Å². The van der Waals surface area contributed by atoms with E-state index < -0.39 is 10.0 Å². The van der Waals surface area contributed by atoms with Gasteiger partial charge in [-0.3, -0.25) is 0 Å². The normalized spacial score (nSPS) is 11.1. The molecule has 0 fully saturated rings. The summed E-state index contributed by atoms with van der Waals surface area (Å²) in [4.78, 5) is 2.61. The molecule has 94 valence electrons. The molecule has 0 radical (unpaired) electrons. The Morgan fingerprint density at radius 2 is 2.24 bits per heavy atom. The van der Waals surface area contributed by atoms with Gasteiger partial charge in [0, 0.05) is 18.0 Å². The molecule has 0 atom stereocenters. The molecule has 0 bridgehead atoms. The number of sulfonamides is 1. The second-order valence-corrected chi connectivity index (χ2v) is 6.83. The smallest absolute Gasteiger partial charge is 0.210 e. The summed E-state index contributed by atoms with van der Waals surface area (Å²) in [5, 5.41) is 3.36. The van der Waals surface area contributed by atoms with Crippen LogP contribution in [0.15, 0.2) is 21.5 Å². The van der Waals surface area contributed by atoms with Gasteiger partial charge in [-0.05, 0) is 30.5 Å². The summed E-state index contributed by atoms with van der Waals surface area (Å²) in [6, 6.07) is 3.01. The van der Waals surface area contributed by atoms with Gasteiger partial charge in [0.2, 0.25) is 10.0 Å². The summed E-state index contributed by atoms with van der Waals surface area (Å²) in [6.45, 7) is 0.696. The predicted octanol–water partition coefficient (Wildman–Crippen LogP) is 2.77. The number of nitrogens with zero attached hydrogens (tertiary/aromatic N) is 3. The highest BCUT2D eigenvalue weighted by Crippen LogP contribution is 2.25. The van der Waals surface area contributed by atoms with E-state index in [1.807, 2.05) is 0 Å². The Morgan fingerprint density at radius 3 is 2.82 bits per heavy atom. The molecular weight excluding hydrogens is 284 g/mol. The Hall–Kier alpha value is -0.790. The average molecular weight is 295 g/mol. The lowest BCUT2D eigenvalue weighted by Gasteiger charge is -2.03. The molecule has 0 aliphatic heterocycles. The number of azide groups is 1. The van der Waals surface area contributed by atoms with Gasteiger partial charge in [0.25, 0.3) is 0 Å². The predicted molar refractivity (Wildman–Crippen MR) is 67.8 cm³/mol. The lowest BCUT2D eigenvalue weighted by Crippen LogP contribution is -2.24. The van der Waals surface area contributed by atoms with Crippen molar-refractivity contribution in [3.63, 3.8) is 0 Å². The first-order valence-corrected chi connectivity index (χ1v) is 7.50. The summed E-state index contributed by atoms with van der Waals surface area (Å²) in [5.74, 6) is 0. The van der Waals surface area contributed by atoms with Crippen LogP contribution in [0.3, 0.4) is 0 Å². The van der Waals surface area contributed by atoms with Gasteiger partial charge in [0.15, 0.2) is 0 Å². The van der Waals surface area contributed by atoms with Crippen LogP contribution in [0.1, 0.15) is 12.8 Å². The lowest BCUT2D eigenvalue weighted by molar-refractivity contribution is 0.579. The third kappa shape index (κ3) is 4.93. The molecule has 17 heavy (non-hydrogen) atoms. The van der Waals surface area contributed by atoms with Crippen LogP contribution in [0.4, 0.5) is 0 Å². The summed E-state index contributed by atoms with van der Waals surface area (Å²) in [6.07, 6.45) is 1.27. The fourth-order valence-corrected chi connectivity index (χ4v) is 3.67. The highest BCUT2D eigenvalue weighted by molar-refractivity contribution is 7.91. The molecular formula is C8H11ClN4O2S2. The fraction of sp³-hybridized carbons (Fsp3) is 0.500. The minimum absolute atomic E-state index is 0.206. The van der Waals surface area contributed by atoms with Crippen molar-refractivity contribution in [2.24, 2.45) is 5.11 Å². The topological polar surface area (TPSA) is 94.9 Å². The highest BCUT2D eigenvalue weighted by Gasteiger charge is 2.15. The Bertz CT molecular complexity index is 507. The van der Waals surface area contributed by atoms with Crippen molar-refractivity contribution in [2.45, 2.75) is 17.1 Å². The van der Waals surface area contributed by atoms with Crippen LogP contribution in [0.5, 0.6) is 0 Å². The van der Waals surface area contributed by atoms with Gasteiger partial charge in [-0.25, -0.2) is 13.1 Å². The highest BCUT2D eigenvalue weighted by atomic mass is 35.5. The average Bonchev–Trinajstić information content (AvgIpc) is 2.71. The van der Waals surface area contributed by atoms with E-state index in [2.05, 4.69) is 14.7 Å². The molecule has 1 rings (SSSR count). The maximum atomic E-state index is 11.7. The zero-order valence-electron chi connectivity index (χ0n) is 8.84. The van der Waals surface area contributed by atoms with Crippen LogP contribution in [0.25, 0.3) is 10.4 Å². The quantitative estimate of drug-likeness (QED) is 0.362. The van der Waals surface area contributed by atoms with Crippen molar-refractivity contribution in [1.29, 1.82) is 0 Å². The van der Waals surface area contributed by atoms with Crippen molar-refractivity contribution in [3.05, 3.63) is 26.9 Å². The van der Waals surface area contributed by atoms with Crippen LogP contribution in [0, 0.1) is 0 Å². The first kappa shape index (κ1) is 14.3. The van der Waals surface area contributed by atoms with Gasteiger partial charge in [-0.1, -0.05) is 16.7 Å². The van der Waals surface area contributed by atoms with Crippen molar-refractivity contribution in [2.75, 3.05) is 13.1 Å². The fourth-order valence-electron chi connectivity index (χ4n) is 1.07. The third-order valence-electron chi connectivity index (χ3n) is 1.85. The standard InChI is InChI=1S/C8H11ClN4O2S2/c9-7-3-4-8(16-7)17(14,15)12-6-2-1-5-11-13-10/h3-4,12H,1-2,5-6H2. The number of hydrogen-bond acceptors (Lipinski definition) is 4. The molecule has 9 heteroatoms. The van der Waals surface area contributed by atoms with Crippen molar-refractivity contribution in [1.82, 2.24) is 4.72 Å². The molecule has 0 aliphatic carbocycles. The van der Waals surface area contributed by atoms with Crippen LogP contribution in [-0.4, -0.2) is 21.5 Å². The SMILES string of the molecule is [N-]=[N+]=NCCCCNS(=O)(=O)c1ccc(Cl)s1. The molecule has 0 saturated heterocycles. The molecule has 0 unspecified atom stereocenters. The molecule has 0 saturated carbocycles. The maximum absolute atomic E-state index is 11.7. The summed E-state index contributed by atoms with van der Waals surface area (Å²) in [7, 11) is -3.45. The minimum atomic E-state index is -3.45. The first-order chi connectivity index (χ1) is 8.06. The van der Waals surface area contributed by atoms with E-state index in [1.54, 1.807) is 6.07 Å². The van der Waals surface area contributed by atoms with Crippen LogP contribution in [-0.2, 0) is 10.0 Å². The Kier molecular flexibility index (Phi) is 5.73. The van der Waals surface area contributed by atoms with Gasteiger partial charge in [0.05, 0.1) is 4.34 Å². The number of rotatable bonds is 7. The molecule has 0 aliphatic rings. The molecule has 1 aromatic rings. The molecule has 0 spiro atoms. The monoisotopic (exact) mass is 294 g/mol. The molecule has 1 aromatic heterocycles. The number of hydrogen-bond donors (Lipinski definition) is 1. The molecule has 0 aromatic carbocycles. The van der Waals surface area contributed by atoms with Crippen LogP contribution < -0.4 is 4.72 Å².